The molecular weight excluding hydrogens is 302 g/mol. The van der Waals surface area contributed by atoms with E-state index in [1.54, 1.807) is 7.05 Å². The minimum Gasteiger partial charge on any atom is -0.359 e. The van der Waals surface area contributed by atoms with Crippen LogP contribution in [0.1, 0.15) is 44.9 Å². The van der Waals surface area contributed by atoms with Crippen molar-refractivity contribution >= 4 is 11.9 Å². The summed E-state index contributed by atoms with van der Waals surface area (Å²) in [5, 5.41) is 6.24. The molecule has 1 aliphatic heterocycles. The molecule has 2 N–H and O–H groups in total. The van der Waals surface area contributed by atoms with Crippen LogP contribution in [-0.2, 0) is 4.79 Å². The average Bonchev–Trinajstić information content (AvgIpc) is 3.14. The van der Waals surface area contributed by atoms with Crippen molar-refractivity contribution in [1.29, 1.82) is 0 Å². The predicted molar refractivity (Wildman–Crippen MR) is 99.2 cm³/mol. The number of rotatable bonds is 6. The van der Waals surface area contributed by atoms with Gasteiger partial charge in [0.2, 0.25) is 5.91 Å². The first kappa shape index (κ1) is 19.0. The van der Waals surface area contributed by atoms with E-state index in [0.29, 0.717) is 12.3 Å². The maximum absolute atomic E-state index is 11.5. The van der Waals surface area contributed by atoms with Crippen LogP contribution in [0.3, 0.4) is 0 Å². The molecule has 0 aromatic carbocycles. The third-order valence-electron chi connectivity index (χ3n) is 5.57. The van der Waals surface area contributed by atoms with E-state index in [2.05, 4.69) is 32.5 Å². The van der Waals surface area contributed by atoms with Gasteiger partial charge < -0.3 is 20.4 Å². The highest BCUT2D eigenvalue weighted by atomic mass is 16.1. The molecule has 0 unspecified atom stereocenters. The summed E-state index contributed by atoms with van der Waals surface area (Å²) in [5.74, 6) is 1.67. The molecule has 1 saturated carbocycles. The van der Waals surface area contributed by atoms with Crippen LogP contribution in [0.15, 0.2) is 4.99 Å². The van der Waals surface area contributed by atoms with E-state index < -0.39 is 0 Å². The number of amides is 1. The molecule has 1 saturated heterocycles. The summed E-state index contributed by atoms with van der Waals surface area (Å²) in [6.07, 6.45) is 8.26. The van der Waals surface area contributed by atoms with Gasteiger partial charge in [0.25, 0.3) is 0 Å². The van der Waals surface area contributed by atoms with Crippen molar-refractivity contribution in [2.75, 3.05) is 47.3 Å². The third-order valence-corrected chi connectivity index (χ3v) is 5.57. The number of nitrogens with one attached hydrogen (secondary N) is 2. The SMILES string of the molecule is CN=C(NCCN(C)C1CCCC1)N1CCC(CC(=O)NC)CC1. The number of likely N-dealkylation sites (tertiary alicyclic amines) is 1. The van der Waals surface area contributed by atoms with E-state index >= 15 is 0 Å². The number of hydrogen-bond acceptors (Lipinski definition) is 3. The Morgan fingerprint density at radius 1 is 1.21 bits per heavy atom. The third kappa shape index (κ3) is 5.65. The van der Waals surface area contributed by atoms with Crippen molar-refractivity contribution in [3.8, 4) is 0 Å². The minimum absolute atomic E-state index is 0.158. The molecule has 1 amide bonds. The second kappa shape index (κ2) is 9.87. The van der Waals surface area contributed by atoms with Gasteiger partial charge in [-0.25, -0.2) is 0 Å². The first-order valence-corrected chi connectivity index (χ1v) is 9.50. The topological polar surface area (TPSA) is 60.0 Å². The van der Waals surface area contributed by atoms with Crippen molar-refractivity contribution in [3.63, 3.8) is 0 Å². The van der Waals surface area contributed by atoms with Crippen molar-refractivity contribution in [3.05, 3.63) is 0 Å². The Morgan fingerprint density at radius 2 is 1.88 bits per heavy atom. The summed E-state index contributed by atoms with van der Waals surface area (Å²) >= 11 is 0. The lowest BCUT2D eigenvalue weighted by Crippen LogP contribution is -2.48. The predicted octanol–water partition coefficient (Wildman–Crippen LogP) is 1.28. The molecule has 6 heteroatoms. The largest absolute Gasteiger partial charge is 0.359 e. The summed E-state index contributed by atoms with van der Waals surface area (Å²) < 4.78 is 0. The van der Waals surface area contributed by atoms with Crippen molar-refractivity contribution in [2.24, 2.45) is 10.9 Å². The Bertz CT molecular complexity index is 412. The fourth-order valence-electron chi connectivity index (χ4n) is 3.92. The van der Waals surface area contributed by atoms with E-state index in [4.69, 9.17) is 0 Å². The van der Waals surface area contributed by atoms with Crippen LogP contribution in [0.5, 0.6) is 0 Å². The van der Waals surface area contributed by atoms with Gasteiger partial charge in [-0.1, -0.05) is 12.8 Å². The smallest absolute Gasteiger partial charge is 0.220 e. The molecule has 0 aromatic rings. The molecule has 0 spiro atoms. The highest BCUT2D eigenvalue weighted by Crippen LogP contribution is 2.22. The first-order chi connectivity index (χ1) is 11.6. The number of aliphatic imine (C=N–C) groups is 1. The molecule has 0 aromatic heterocycles. The van der Waals surface area contributed by atoms with Crippen LogP contribution in [0.4, 0.5) is 0 Å². The van der Waals surface area contributed by atoms with Crippen molar-refractivity contribution in [2.45, 2.75) is 51.0 Å². The van der Waals surface area contributed by atoms with Crippen LogP contribution >= 0.6 is 0 Å². The van der Waals surface area contributed by atoms with Gasteiger partial charge in [-0.3, -0.25) is 9.79 Å². The molecule has 0 bridgehead atoms. The summed E-state index contributed by atoms with van der Waals surface area (Å²) in [6, 6.07) is 0.772. The second-order valence-corrected chi connectivity index (χ2v) is 7.20. The fourth-order valence-corrected chi connectivity index (χ4v) is 3.92. The zero-order valence-electron chi connectivity index (χ0n) is 15.7. The zero-order valence-corrected chi connectivity index (χ0v) is 15.7. The molecule has 1 heterocycles. The van der Waals surface area contributed by atoms with E-state index in [-0.39, 0.29) is 5.91 Å². The first-order valence-electron chi connectivity index (χ1n) is 9.50. The zero-order chi connectivity index (χ0) is 17.4. The number of carbonyl (C=O) groups is 1. The lowest BCUT2D eigenvalue weighted by Gasteiger charge is -2.34. The Kier molecular flexibility index (Phi) is 7.82. The Labute approximate surface area is 147 Å². The number of nitrogens with zero attached hydrogens (tertiary/aromatic N) is 3. The van der Waals surface area contributed by atoms with Gasteiger partial charge >= 0.3 is 0 Å². The Hall–Kier alpha value is -1.30. The van der Waals surface area contributed by atoms with Crippen LogP contribution < -0.4 is 10.6 Å². The number of guanidine groups is 1. The van der Waals surface area contributed by atoms with Gasteiger partial charge in [0, 0.05) is 52.7 Å². The maximum atomic E-state index is 11.5. The van der Waals surface area contributed by atoms with Gasteiger partial charge in [0.05, 0.1) is 0 Å². The lowest BCUT2D eigenvalue weighted by molar-refractivity contribution is -0.121. The monoisotopic (exact) mass is 337 g/mol. The Balaban J connectivity index is 1.67. The fraction of sp³-hybridized carbons (Fsp3) is 0.889. The van der Waals surface area contributed by atoms with Gasteiger partial charge in [0.15, 0.2) is 5.96 Å². The van der Waals surface area contributed by atoms with E-state index in [9.17, 15) is 4.79 Å². The van der Waals surface area contributed by atoms with E-state index in [1.165, 1.54) is 25.7 Å². The van der Waals surface area contributed by atoms with Gasteiger partial charge in [-0.05, 0) is 38.6 Å². The molecule has 24 heavy (non-hydrogen) atoms. The van der Waals surface area contributed by atoms with Crippen LogP contribution in [0.2, 0.25) is 0 Å². The maximum Gasteiger partial charge on any atom is 0.220 e. The standard InChI is InChI=1S/C18H35N5O/c1-19-17(24)14-15-8-11-23(12-9-15)18(20-2)21-10-13-22(3)16-6-4-5-7-16/h15-16H,4-14H2,1-3H3,(H,19,24)(H,20,21). The van der Waals surface area contributed by atoms with Crippen LogP contribution in [0.25, 0.3) is 0 Å². The van der Waals surface area contributed by atoms with E-state index in [1.807, 2.05) is 7.05 Å². The quantitative estimate of drug-likeness (QED) is 0.566. The van der Waals surface area contributed by atoms with Crippen LogP contribution in [0, 0.1) is 5.92 Å². The molecule has 2 rings (SSSR count). The summed E-state index contributed by atoms with van der Waals surface area (Å²) in [4.78, 5) is 20.8. The molecule has 138 valence electrons. The van der Waals surface area contributed by atoms with E-state index in [0.717, 1.165) is 51.0 Å². The highest BCUT2D eigenvalue weighted by Gasteiger charge is 2.23. The molecule has 0 atom stereocenters. The summed E-state index contributed by atoms with van der Waals surface area (Å²) in [5.41, 5.74) is 0. The average molecular weight is 338 g/mol. The number of likely N-dealkylation sites (N-methyl/N-ethyl adjacent to an activating group) is 1. The summed E-state index contributed by atoms with van der Waals surface area (Å²) in [6.45, 7) is 3.98. The number of piperidine rings is 1. The van der Waals surface area contributed by atoms with Gasteiger partial charge in [-0.2, -0.15) is 0 Å². The lowest BCUT2D eigenvalue weighted by atomic mass is 9.93. The summed E-state index contributed by atoms with van der Waals surface area (Å²) in [7, 11) is 5.82. The molecule has 0 radical (unpaired) electrons. The molecular formula is C18H35N5O. The normalized spacial score (nSPS) is 20.7. The van der Waals surface area contributed by atoms with Gasteiger partial charge in [-0.15, -0.1) is 0 Å². The molecule has 1 aliphatic carbocycles. The minimum atomic E-state index is 0.158. The number of carbonyl (C=O) groups excluding carboxylic acids is 1. The second-order valence-electron chi connectivity index (χ2n) is 7.20. The molecule has 2 aliphatic rings. The number of hydrogen-bond donors (Lipinski definition) is 2. The highest BCUT2D eigenvalue weighted by molar-refractivity contribution is 5.80. The van der Waals surface area contributed by atoms with Crippen molar-refractivity contribution in [1.82, 2.24) is 20.4 Å². The van der Waals surface area contributed by atoms with Crippen LogP contribution in [-0.4, -0.2) is 75.0 Å². The van der Waals surface area contributed by atoms with Crippen molar-refractivity contribution < 1.29 is 4.79 Å². The van der Waals surface area contributed by atoms with Gasteiger partial charge in [0.1, 0.15) is 0 Å². The molecule has 2 fully saturated rings. The molecule has 6 nitrogen and oxygen atoms in total. The Morgan fingerprint density at radius 3 is 2.46 bits per heavy atom.